The predicted octanol–water partition coefficient (Wildman–Crippen LogP) is 4.55. The molecule has 2 aromatic rings. The number of benzene rings is 2. The summed E-state index contributed by atoms with van der Waals surface area (Å²) in [5.41, 5.74) is -1.28. The minimum absolute atomic E-state index is 0.159. The van der Waals surface area contributed by atoms with Gasteiger partial charge in [-0.3, -0.25) is 0 Å². The summed E-state index contributed by atoms with van der Waals surface area (Å²) >= 11 is 5.86. The van der Waals surface area contributed by atoms with Crippen molar-refractivity contribution in [1.29, 1.82) is 0 Å². The molecule has 0 saturated heterocycles. The quantitative estimate of drug-likeness (QED) is 0.815. The largest absolute Gasteiger partial charge is 0.456 e. The van der Waals surface area contributed by atoms with Crippen LogP contribution in [0.4, 0.5) is 13.2 Å². The van der Waals surface area contributed by atoms with Crippen molar-refractivity contribution < 1.29 is 26.3 Å². The number of halogens is 4. The summed E-state index contributed by atoms with van der Waals surface area (Å²) in [5, 5.41) is 0.225. The Morgan fingerprint density at radius 3 is 2.27 bits per heavy atom. The lowest BCUT2D eigenvalue weighted by Crippen LogP contribution is -2.12. The number of hydrogen-bond donors (Lipinski definition) is 0. The summed E-state index contributed by atoms with van der Waals surface area (Å²) in [6, 6.07) is 8.91. The van der Waals surface area contributed by atoms with Crippen LogP contribution in [0.3, 0.4) is 0 Å². The second kappa shape index (κ2) is 5.81. The van der Waals surface area contributed by atoms with Gasteiger partial charge in [0, 0.05) is 6.26 Å². The van der Waals surface area contributed by atoms with Crippen LogP contribution >= 0.6 is 11.6 Å². The molecule has 0 aliphatic carbocycles. The lowest BCUT2D eigenvalue weighted by atomic mass is 10.2. The zero-order valence-corrected chi connectivity index (χ0v) is 12.8. The number of rotatable bonds is 3. The first-order valence-electron chi connectivity index (χ1n) is 5.93. The second-order valence-corrected chi connectivity index (χ2v) is 6.85. The number of hydrogen-bond acceptors (Lipinski definition) is 3. The normalized spacial score (nSPS) is 12.2. The lowest BCUT2D eigenvalue weighted by molar-refractivity contribution is -0.140. The summed E-state index contributed by atoms with van der Waals surface area (Å²) in [7, 11) is -4.02. The molecule has 22 heavy (non-hydrogen) atoms. The molecule has 0 saturated carbocycles. The molecule has 0 N–H and O–H groups in total. The first-order valence-corrected chi connectivity index (χ1v) is 8.19. The fraction of sp³-hybridized carbons (Fsp3) is 0.143. The van der Waals surface area contributed by atoms with Crippen LogP contribution in [0.2, 0.25) is 5.02 Å². The van der Waals surface area contributed by atoms with E-state index in [1.165, 1.54) is 12.1 Å². The molecular weight excluding hydrogens is 341 g/mol. The minimum Gasteiger partial charge on any atom is -0.456 e. The molecule has 8 heteroatoms. The fourth-order valence-corrected chi connectivity index (χ4v) is 2.84. The van der Waals surface area contributed by atoms with Crippen LogP contribution in [0.5, 0.6) is 11.5 Å². The van der Waals surface area contributed by atoms with E-state index in [0.717, 1.165) is 12.1 Å². The highest BCUT2D eigenvalue weighted by Crippen LogP contribution is 2.38. The first kappa shape index (κ1) is 16.6. The number of para-hydroxylation sites is 1. The van der Waals surface area contributed by atoms with E-state index in [4.69, 9.17) is 16.3 Å². The van der Waals surface area contributed by atoms with E-state index in [-0.39, 0.29) is 16.5 Å². The van der Waals surface area contributed by atoms with Crippen LogP contribution in [-0.2, 0) is 16.0 Å². The van der Waals surface area contributed by atoms with Crippen molar-refractivity contribution in [1.82, 2.24) is 0 Å². The molecule has 0 fully saturated rings. The van der Waals surface area contributed by atoms with E-state index in [1.54, 1.807) is 12.1 Å². The molecular formula is C14H10ClF3O3S. The maximum atomic E-state index is 13.0. The van der Waals surface area contributed by atoms with Crippen molar-refractivity contribution in [2.75, 3.05) is 6.26 Å². The zero-order chi connectivity index (χ0) is 16.5. The maximum Gasteiger partial charge on any atom is 0.417 e. The zero-order valence-electron chi connectivity index (χ0n) is 11.2. The van der Waals surface area contributed by atoms with E-state index in [9.17, 15) is 21.6 Å². The van der Waals surface area contributed by atoms with E-state index in [1.807, 2.05) is 0 Å². The van der Waals surface area contributed by atoms with Crippen LogP contribution in [0.25, 0.3) is 0 Å². The number of alkyl halides is 3. The Balaban J connectivity index is 2.51. The van der Waals surface area contributed by atoms with Gasteiger partial charge >= 0.3 is 6.18 Å². The third-order valence-corrected chi connectivity index (χ3v) is 4.19. The monoisotopic (exact) mass is 350 g/mol. The molecule has 0 radical (unpaired) electrons. The van der Waals surface area contributed by atoms with Gasteiger partial charge in [-0.1, -0.05) is 23.7 Å². The highest BCUT2D eigenvalue weighted by Gasteiger charge is 2.36. The minimum atomic E-state index is -4.82. The Bertz CT molecular complexity index is 801. The van der Waals surface area contributed by atoms with Crippen molar-refractivity contribution in [3.8, 4) is 11.5 Å². The van der Waals surface area contributed by atoms with Crippen LogP contribution < -0.4 is 4.74 Å². The van der Waals surface area contributed by atoms with Crippen molar-refractivity contribution in [2.45, 2.75) is 11.1 Å². The third kappa shape index (κ3) is 3.72. The van der Waals surface area contributed by atoms with E-state index in [2.05, 4.69) is 0 Å². The molecule has 0 bridgehead atoms. The molecule has 0 aliphatic heterocycles. The number of sulfone groups is 1. The standard InChI is InChI=1S/C14H10ClF3O3S/c1-22(19,20)13-7-6-9(8-10(13)14(16,17)18)21-12-5-3-2-4-11(12)15/h2-8H,1H3. The summed E-state index contributed by atoms with van der Waals surface area (Å²) in [6.07, 6.45) is -4.11. The van der Waals surface area contributed by atoms with Crippen LogP contribution in [0.1, 0.15) is 5.56 Å². The van der Waals surface area contributed by atoms with Gasteiger partial charge in [0.25, 0.3) is 0 Å². The Kier molecular flexibility index (Phi) is 4.39. The Morgan fingerprint density at radius 1 is 1.09 bits per heavy atom. The molecule has 0 amide bonds. The molecule has 0 spiro atoms. The summed E-state index contributed by atoms with van der Waals surface area (Å²) < 4.78 is 67.3. The van der Waals surface area contributed by atoms with Crippen LogP contribution in [0, 0.1) is 0 Å². The van der Waals surface area contributed by atoms with Crippen molar-refractivity contribution in [2.24, 2.45) is 0 Å². The molecule has 2 rings (SSSR count). The molecule has 0 atom stereocenters. The average Bonchev–Trinajstić information content (AvgIpc) is 2.39. The molecule has 0 unspecified atom stereocenters. The predicted molar refractivity (Wildman–Crippen MR) is 76.1 cm³/mol. The second-order valence-electron chi connectivity index (χ2n) is 4.46. The Labute approximate surface area is 130 Å². The van der Waals surface area contributed by atoms with Gasteiger partial charge in [0.15, 0.2) is 9.84 Å². The van der Waals surface area contributed by atoms with Crippen LogP contribution in [0.15, 0.2) is 47.4 Å². The maximum absolute atomic E-state index is 13.0. The molecule has 2 aromatic carbocycles. The van der Waals surface area contributed by atoms with Gasteiger partial charge in [0.2, 0.25) is 0 Å². The Morgan fingerprint density at radius 2 is 1.73 bits per heavy atom. The van der Waals surface area contributed by atoms with Crippen molar-refractivity contribution in [3.05, 3.63) is 53.1 Å². The summed E-state index contributed by atoms with van der Waals surface area (Å²) in [4.78, 5) is -0.800. The summed E-state index contributed by atoms with van der Waals surface area (Å²) in [6.45, 7) is 0. The van der Waals surface area contributed by atoms with Gasteiger partial charge in [-0.15, -0.1) is 0 Å². The first-order chi connectivity index (χ1) is 10.1. The van der Waals surface area contributed by atoms with Gasteiger partial charge in [-0.25, -0.2) is 8.42 Å². The number of ether oxygens (including phenoxy) is 1. The summed E-state index contributed by atoms with van der Waals surface area (Å²) in [5.74, 6) is 0.0113. The molecule has 0 aromatic heterocycles. The van der Waals surface area contributed by atoms with Gasteiger partial charge < -0.3 is 4.74 Å². The Hall–Kier alpha value is -1.73. The van der Waals surface area contributed by atoms with Crippen LogP contribution in [-0.4, -0.2) is 14.7 Å². The highest BCUT2D eigenvalue weighted by atomic mass is 35.5. The molecule has 0 aliphatic rings. The van der Waals surface area contributed by atoms with Gasteiger partial charge in [-0.2, -0.15) is 13.2 Å². The highest BCUT2D eigenvalue weighted by molar-refractivity contribution is 7.90. The fourth-order valence-electron chi connectivity index (χ4n) is 1.77. The molecule has 0 heterocycles. The topological polar surface area (TPSA) is 43.4 Å². The van der Waals surface area contributed by atoms with E-state index >= 15 is 0 Å². The molecule has 3 nitrogen and oxygen atoms in total. The van der Waals surface area contributed by atoms with E-state index in [0.29, 0.717) is 12.3 Å². The molecule has 118 valence electrons. The SMILES string of the molecule is CS(=O)(=O)c1ccc(Oc2ccccc2Cl)cc1C(F)(F)F. The van der Waals surface area contributed by atoms with Gasteiger partial charge in [0.05, 0.1) is 15.5 Å². The van der Waals surface area contributed by atoms with E-state index < -0.39 is 26.5 Å². The smallest absolute Gasteiger partial charge is 0.417 e. The third-order valence-electron chi connectivity index (χ3n) is 2.72. The van der Waals surface area contributed by atoms with Gasteiger partial charge in [0.1, 0.15) is 11.5 Å². The van der Waals surface area contributed by atoms with Gasteiger partial charge in [-0.05, 0) is 30.3 Å². The average molecular weight is 351 g/mol. The lowest BCUT2D eigenvalue weighted by Gasteiger charge is -2.14. The van der Waals surface area contributed by atoms with Crippen molar-refractivity contribution in [3.63, 3.8) is 0 Å². The van der Waals surface area contributed by atoms with Crippen molar-refractivity contribution >= 4 is 21.4 Å².